The van der Waals surface area contributed by atoms with Crippen LogP contribution in [0.3, 0.4) is 0 Å². The zero-order valence-electron chi connectivity index (χ0n) is 12.3. The monoisotopic (exact) mass is 295 g/mol. The Labute approximate surface area is 118 Å². The maximum absolute atomic E-state index is 12.7. The summed E-state index contributed by atoms with van der Waals surface area (Å²) >= 11 is 0. The van der Waals surface area contributed by atoms with Crippen molar-refractivity contribution in [1.29, 1.82) is 0 Å². The van der Waals surface area contributed by atoms with Crippen molar-refractivity contribution in [3.05, 3.63) is 0 Å². The second kappa shape index (κ2) is 6.76. The van der Waals surface area contributed by atoms with Crippen LogP contribution >= 0.6 is 0 Å². The van der Waals surface area contributed by atoms with E-state index in [-0.39, 0.29) is 18.5 Å². The van der Waals surface area contributed by atoms with E-state index in [0.29, 0.717) is 25.9 Å². The third kappa shape index (κ3) is 7.09. The van der Waals surface area contributed by atoms with Crippen molar-refractivity contribution in [3.8, 4) is 0 Å². The molecule has 0 radical (unpaired) electrons. The van der Waals surface area contributed by atoms with E-state index in [9.17, 15) is 18.0 Å². The van der Waals surface area contributed by atoms with Crippen LogP contribution in [0.15, 0.2) is 0 Å². The van der Waals surface area contributed by atoms with E-state index in [2.05, 4.69) is 10.6 Å². The van der Waals surface area contributed by atoms with Crippen molar-refractivity contribution in [3.63, 3.8) is 0 Å². The summed E-state index contributed by atoms with van der Waals surface area (Å²) in [5.74, 6) is -0.361. The van der Waals surface area contributed by atoms with Crippen molar-refractivity contribution in [2.45, 2.75) is 51.4 Å². The van der Waals surface area contributed by atoms with Gasteiger partial charge in [-0.2, -0.15) is 13.2 Å². The van der Waals surface area contributed by atoms with Crippen LogP contribution in [-0.4, -0.2) is 54.7 Å². The molecule has 1 fully saturated rings. The quantitative estimate of drug-likeness (QED) is 0.826. The smallest absolute Gasteiger partial charge is 0.350 e. The Morgan fingerprint density at radius 1 is 1.25 bits per heavy atom. The number of alkyl halides is 3. The second-order valence-corrected chi connectivity index (χ2v) is 6.30. The molecule has 7 heteroatoms. The van der Waals surface area contributed by atoms with Gasteiger partial charge in [-0.15, -0.1) is 0 Å². The fourth-order valence-corrected chi connectivity index (χ4v) is 2.36. The third-order valence-electron chi connectivity index (χ3n) is 3.07. The Morgan fingerprint density at radius 3 is 2.25 bits per heavy atom. The lowest BCUT2D eigenvalue weighted by molar-refractivity contribution is -0.154. The maximum atomic E-state index is 12.7. The second-order valence-electron chi connectivity index (χ2n) is 6.30. The lowest BCUT2D eigenvalue weighted by Crippen LogP contribution is -2.52. The molecule has 0 spiro atoms. The van der Waals surface area contributed by atoms with Crippen LogP contribution in [0.1, 0.15) is 33.6 Å². The van der Waals surface area contributed by atoms with Gasteiger partial charge in [0, 0.05) is 11.6 Å². The minimum atomic E-state index is -4.28. The highest BCUT2D eigenvalue weighted by Crippen LogP contribution is 2.21. The Kier molecular flexibility index (Phi) is 5.82. The molecule has 0 atom stereocenters. The number of hydrogen-bond donors (Lipinski definition) is 2. The molecule has 0 aromatic heterocycles. The van der Waals surface area contributed by atoms with Gasteiger partial charge >= 0.3 is 6.18 Å². The number of nitrogens with one attached hydrogen (secondary N) is 2. The molecule has 1 amide bonds. The molecule has 118 valence electrons. The van der Waals surface area contributed by atoms with E-state index in [1.54, 1.807) is 0 Å². The zero-order valence-corrected chi connectivity index (χ0v) is 12.3. The molecule has 0 aromatic rings. The number of piperidine rings is 1. The van der Waals surface area contributed by atoms with Crippen LogP contribution in [0, 0.1) is 0 Å². The molecular weight excluding hydrogens is 271 g/mol. The van der Waals surface area contributed by atoms with Crippen LogP contribution < -0.4 is 10.6 Å². The van der Waals surface area contributed by atoms with Crippen molar-refractivity contribution in [1.82, 2.24) is 15.5 Å². The maximum Gasteiger partial charge on any atom is 0.401 e. The standard InChI is InChI=1S/C13H24F3N3O/c1-12(2,3)18-11(20)8-19(9-13(14,15)16)10-4-6-17-7-5-10/h10,17H,4-9H2,1-3H3,(H,18,20). The highest BCUT2D eigenvalue weighted by molar-refractivity contribution is 5.78. The van der Waals surface area contributed by atoms with Crippen LogP contribution in [0.25, 0.3) is 0 Å². The summed E-state index contributed by atoms with van der Waals surface area (Å²) in [7, 11) is 0. The number of hydrogen-bond acceptors (Lipinski definition) is 3. The molecule has 1 heterocycles. The van der Waals surface area contributed by atoms with Gasteiger partial charge in [-0.1, -0.05) is 0 Å². The normalized spacial score (nSPS) is 18.4. The van der Waals surface area contributed by atoms with Crippen LogP contribution in [0.4, 0.5) is 13.2 Å². The predicted octanol–water partition coefficient (Wildman–Crippen LogP) is 1.52. The van der Waals surface area contributed by atoms with Gasteiger partial charge in [0.15, 0.2) is 0 Å². The molecule has 1 aliphatic heterocycles. The first-order valence-electron chi connectivity index (χ1n) is 6.89. The Hall–Kier alpha value is -0.820. The summed E-state index contributed by atoms with van der Waals surface area (Å²) in [4.78, 5) is 13.1. The minimum Gasteiger partial charge on any atom is -0.350 e. The van der Waals surface area contributed by atoms with E-state index in [1.165, 1.54) is 4.90 Å². The van der Waals surface area contributed by atoms with E-state index in [1.807, 2.05) is 20.8 Å². The molecule has 0 unspecified atom stereocenters. The van der Waals surface area contributed by atoms with E-state index in [4.69, 9.17) is 0 Å². The first-order chi connectivity index (χ1) is 9.07. The van der Waals surface area contributed by atoms with Crippen LogP contribution in [0.5, 0.6) is 0 Å². The van der Waals surface area contributed by atoms with Gasteiger partial charge in [0.25, 0.3) is 0 Å². The van der Waals surface area contributed by atoms with Gasteiger partial charge in [0.2, 0.25) is 5.91 Å². The Balaban J connectivity index is 2.64. The van der Waals surface area contributed by atoms with Crippen LogP contribution in [-0.2, 0) is 4.79 Å². The lowest BCUT2D eigenvalue weighted by atomic mass is 10.0. The molecule has 2 N–H and O–H groups in total. The molecular formula is C13H24F3N3O. The van der Waals surface area contributed by atoms with Gasteiger partial charge < -0.3 is 10.6 Å². The topological polar surface area (TPSA) is 44.4 Å². The minimum absolute atomic E-state index is 0.191. The van der Waals surface area contributed by atoms with Gasteiger partial charge in [-0.05, 0) is 46.7 Å². The van der Waals surface area contributed by atoms with Gasteiger partial charge in [0.05, 0.1) is 13.1 Å². The number of rotatable bonds is 4. The molecule has 0 aromatic carbocycles. The molecule has 1 saturated heterocycles. The van der Waals surface area contributed by atoms with Crippen LogP contribution in [0.2, 0.25) is 0 Å². The van der Waals surface area contributed by atoms with Gasteiger partial charge in [-0.25, -0.2) is 0 Å². The number of halogens is 3. The third-order valence-corrected chi connectivity index (χ3v) is 3.07. The number of nitrogens with zero attached hydrogens (tertiary/aromatic N) is 1. The zero-order chi connectivity index (χ0) is 15.4. The summed E-state index contributed by atoms with van der Waals surface area (Å²) in [5, 5.41) is 5.83. The molecule has 0 saturated carbocycles. The van der Waals surface area contributed by atoms with Crippen molar-refractivity contribution < 1.29 is 18.0 Å². The molecule has 1 rings (SSSR count). The summed E-state index contributed by atoms with van der Waals surface area (Å²) < 4.78 is 38.0. The van der Waals surface area contributed by atoms with E-state index < -0.39 is 18.3 Å². The Morgan fingerprint density at radius 2 is 1.80 bits per heavy atom. The largest absolute Gasteiger partial charge is 0.401 e. The molecule has 20 heavy (non-hydrogen) atoms. The number of amides is 1. The predicted molar refractivity (Wildman–Crippen MR) is 71.4 cm³/mol. The van der Waals surface area contributed by atoms with Crippen molar-refractivity contribution in [2.24, 2.45) is 0 Å². The van der Waals surface area contributed by atoms with Gasteiger partial charge in [-0.3, -0.25) is 9.69 Å². The molecule has 0 aliphatic carbocycles. The fraction of sp³-hybridized carbons (Fsp3) is 0.923. The summed E-state index contributed by atoms with van der Waals surface area (Å²) in [6, 6.07) is -0.191. The molecule has 1 aliphatic rings. The Bertz CT molecular complexity index is 320. The molecule has 0 bridgehead atoms. The lowest BCUT2D eigenvalue weighted by Gasteiger charge is -2.35. The van der Waals surface area contributed by atoms with Crippen molar-refractivity contribution >= 4 is 5.91 Å². The molecule has 4 nitrogen and oxygen atoms in total. The highest BCUT2D eigenvalue weighted by Gasteiger charge is 2.35. The number of carbonyl (C=O) groups is 1. The number of carbonyl (C=O) groups excluding carboxylic acids is 1. The summed E-state index contributed by atoms with van der Waals surface area (Å²) in [6.45, 7) is 5.58. The van der Waals surface area contributed by atoms with Crippen molar-refractivity contribution in [2.75, 3.05) is 26.2 Å². The summed E-state index contributed by atoms with van der Waals surface area (Å²) in [6.07, 6.45) is -3.01. The SMILES string of the molecule is CC(C)(C)NC(=O)CN(CC(F)(F)F)C1CCNCC1. The fourth-order valence-electron chi connectivity index (χ4n) is 2.36. The first-order valence-corrected chi connectivity index (χ1v) is 6.89. The average molecular weight is 295 g/mol. The highest BCUT2D eigenvalue weighted by atomic mass is 19.4. The van der Waals surface area contributed by atoms with Gasteiger partial charge in [0.1, 0.15) is 0 Å². The van der Waals surface area contributed by atoms with E-state index >= 15 is 0 Å². The summed E-state index contributed by atoms with van der Waals surface area (Å²) in [5.41, 5.74) is -0.435. The first kappa shape index (κ1) is 17.2. The van der Waals surface area contributed by atoms with E-state index in [0.717, 1.165) is 0 Å². The average Bonchev–Trinajstić information content (AvgIpc) is 2.25.